The van der Waals surface area contributed by atoms with Crippen LogP contribution in [0.15, 0.2) is 36.4 Å². The molecule has 2 aromatic rings. The summed E-state index contributed by atoms with van der Waals surface area (Å²) in [5.74, 6) is -0.760. The van der Waals surface area contributed by atoms with Gasteiger partial charge in [0.15, 0.2) is 11.6 Å². The lowest BCUT2D eigenvalue weighted by molar-refractivity contribution is -0.134. The minimum Gasteiger partial charge on any atom is -0.496 e. The van der Waals surface area contributed by atoms with Crippen LogP contribution in [0.5, 0.6) is 11.5 Å². The zero-order valence-electron chi connectivity index (χ0n) is 18.3. The molecule has 0 bridgehead atoms. The van der Waals surface area contributed by atoms with Crippen molar-refractivity contribution in [3.05, 3.63) is 48.0 Å². The normalized spacial score (nSPS) is 23.2. The fourth-order valence-electron chi connectivity index (χ4n) is 4.29. The van der Waals surface area contributed by atoms with Gasteiger partial charge in [0.05, 0.1) is 19.5 Å². The first-order valence-corrected chi connectivity index (χ1v) is 12.6. The van der Waals surface area contributed by atoms with Crippen LogP contribution < -0.4 is 14.2 Å². The molecule has 0 aliphatic carbocycles. The van der Waals surface area contributed by atoms with Gasteiger partial charge in [0.2, 0.25) is 5.91 Å². The number of rotatable bonds is 6. The maximum absolute atomic E-state index is 13.7. The van der Waals surface area contributed by atoms with Crippen LogP contribution in [-0.4, -0.2) is 58.5 Å². The summed E-state index contributed by atoms with van der Waals surface area (Å²) in [6, 6.07) is 8.61. The molecule has 0 spiro atoms. The second kappa shape index (κ2) is 9.84. The van der Waals surface area contributed by atoms with E-state index in [1.807, 2.05) is 0 Å². The summed E-state index contributed by atoms with van der Waals surface area (Å²) in [6.45, 7) is 1.64. The van der Waals surface area contributed by atoms with E-state index in [1.165, 1.54) is 7.11 Å². The van der Waals surface area contributed by atoms with E-state index in [9.17, 15) is 22.7 Å². The summed E-state index contributed by atoms with van der Waals surface area (Å²) in [5, 5.41) is 0. The van der Waals surface area contributed by atoms with Crippen molar-refractivity contribution in [3.63, 3.8) is 0 Å². The topological polar surface area (TPSA) is 91.3 Å². The molecule has 2 unspecified atom stereocenters. The average molecular weight is 483 g/mol. The lowest BCUT2D eigenvalue weighted by Crippen LogP contribution is -2.48. The summed E-state index contributed by atoms with van der Waals surface area (Å²) < 4.78 is 60.4. The number of carbonyl (C=O) groups excluding carboxylic acids is 1. The molecular weight excluding hydrogens is 454 g/mol. The smallest absolute Gasteiger partial charge is 0.241 e. The predicted octanol–water partition coefficient (Wildman–Crippen LogP) is 4.29. The fraction of sp³-hybridized carbons (Fsp3) is 0.435. The highest BCUT2D eigenvalue weighted by atomic mass is 32.3. The molecule has 2 saturated heterocycles. The lowest BCUT2D eigenvalue weighted by atomic mass is 9.98. The summed E-state index contributed by atoms with van der Waals surface area (Å²) >= 11 is 0. The van der Waals surface area contributed by atoms with Gasteiger partial charge in [0.25, 0.3) is 0 Å². The number of hydrogen-bond donors (Lipinski definition) is 3. The molecule has 2 fully saturated rings. The Labute approximate surface area is 193 Å². The van der Waals surface area contributed by atoms with Crippen molar-refractivity contribution in [2.45, 2.75) is 25.3 Å². The molecule has 2 aromatic carbocycles. The van der Waals surface area contributed by atoms with E-state index < -0.39 is 28.5 Å². The Morgan fingerprint density at radius 1 is 1.18 bits per heavy atom. The van der Waals surface area contributed by atoms with Gasteiger partial charge in [-0.2, -0.15) is 0 Å². The van der Waals surface area contributed by atoms with Gasteiger partial charge in [-0.15, -0.1) is 10.8 Å². The highest BCUT2D eigenvalue weighted by Gasteiger charge is 2.36. The number of methoxy groups -OCH3 is 1. The zero-order valence-corrected chi connectivity index (χ0v) is 19.1. The minimum absolute atomic E-state index is 0.0954. The van der Waals surface area contributed by atoms with Crippen LogP contribution >= 0.6 is 10.8 Å². The summed E-state index contributed by atoms with van der Waals surface area (Å²) in [5.41, 5.74) is 1.11. The van der Waals surface area contributed by atoms with E-state index >= 15 is 0 Å². The van der Waals surface area contributed by atoms with Gasteiger partial charge in [-0.25, -0.2) is 13.5 Å². The maximum atomic E-state index is 13.7. The highest BCUT2D eigenvalue weighted by Crippen LogP contribution is 2.41. The quantitative estimate of drug-likeness (QED) is 0.569. The Hall–Kier alpha value is -2.40. The first-order valence-electron chi connectivity index (χ1n) is 10.8. The molecule has 2 aliphatic heterocycles. The number of ether oxygens (including phenoxy) is 2. The summed E-state index contributed by atoms with van der Waals surface area (Å²) in [4.78, 5) is 14.5. The SMILES string of the molecule is COc1cc(F)c(F)cc1-c1ccc(OCC2CCCN(C(=O)C3CCS(O)(O)N3)C2)cc1. The van der Waals surface area contributed by atoms with E-state index in [0.717, 1.165) is 25.0 Å². The number of amides is 1. The van der Waals surface area contributed by atoms with E-state index in [-0.39, 0.29) is 23.3 Å². The van der Waals surface area contributed by atoms with Crippen LogP contribution in [0.4, 0.5) is 8.78 Å². The van der Waals surface area contributed by atoms with E-state index in [1.54, 1.807) is 29.2 Å². The Kier molecular flexibility index (Phi) is 7.08. The van der Waals surface area contributed by atoms with Crippen molar-refractivity contribution in [2.24, 2.45) is 5.92 Å². The average Bonchev–Trinajstić information content (AvgIpc) is 3.19. The largest absolute Gasteiger partial charge is 0.496 e. The van der Waals surface area contributed by atoms with Crippen LogP contribution in [0.3, 0.4) is 0 Å². The summed E-state index contributed by atoms with van der Waals surface area (Å²) in [7, 11) is -1.44. The number of nitrogens with one attached hydrogen (secondary N) is 1. The third kappa shape index (κ3) is 5.57. The Balaban J connectivity index is 1.34. The lowest BCUT2D eigenvalue weighted by Gasteiger charge is -2.35. The van der Waals surface area contributed by atoms with Crippen molar-refractivity contribution in [2.75, 3.05) is 32.6 Å². The van der Waals surface area contributed by atoms with E-state index in [4.69, 9.17) is 9.47 Å². The van der Waals surface area contributed by atoms with Crippen LogP contribution in [0, 0.1) is 17.6 Å². The molecule has 2 atom stereocenters. The van der Waals surface area contributed by atoms with Gasteiger partial charge in [0.1, 0.15) is 17.5 Å². The zero-order chi connectivity index (χ0) is 23.6. The number of benzene rings is 2. The molecule has 10 heteroatoms. The maximum Gasteiger partial charge on any atom is 0.241 e. The number of piperidine rings is 1. The van der Waals surface area contributed by atoms with E-state index in [2.05, 4.69) is 4.72 Å². The second-order valence-corrected chi connectivity index (χ2v) is 10.4. The van der Waals surface area contributed by atoms with Crippen molar-refractivity contribution in [1.29, 1.82) is 0 Å². The van der Waals surface area contributed by atoms with Gasteiger partial charge in [0, 0.05) is 30.6 Å². The molecule has 3 N–H and O–H groups in total. The molecule has 4 rings (SSSR count). The number of likely N-dealkylation sites (tertiary alicyclic amines) is 1. The molecule has 33 heavy (non-hydrogen) atoms. The molecule has 0 aromatic heterocycles. The fourth-order valence-corrected chi connectivity index (χ4v) is 5.65. The Morgan fingerprint density at radius 2 is 1.91 bits per heavy atom. The van der Waals surface area contributed by atoms with Gasteiger partial charge in [-0.3, -0.25) is 13.9 Å². The number of nitrogens with zero attached hydrogens (tertiary/aromatic N) is 1. The van der Waals surface area contributed by atoms with E-state index in [0.29, 0.717) is 43.0 Å². The van der Waals surface area contributed by atoms with Gasteiger partial charge >= 0.3 is 0 Å². The Morgan fingerprint density at radius 3 is 2.58 bits per heavy atom. The van der Waals surface area contributed by atoms with Crippen LogP contribution in [0.2, 0.25) is 0 Å². The number of hydrogen-bond acceptors (Lipinski definition) is 6. The van der Waals surface area contributed by atoms with Crippen LogP contribution in [-0.2, 0) is 4.79 Å². The monoisotopic (exact) mass is 482 g/mol. The van der Waals surface area contributed by atoms with Gasteiger partial charge in [-0.05, 0) is 43.0 Å². The molecule has 2 aliphatic rings. The highest BCUT2D eigenvalue weighted by molar-refractivity contribution is 8.22. The molecular formula is C23H28F2N2O5S. The standard InChI is InChI=1S/C23H28F2N2O5S/c1-31-22-12-20(25)19(24)11-18(22)16-4-6-17(7-5-16)32-14-15-3-2-9-27(13-15)23(28)21-8-10-33(29,30)26-21/h4-7,11-12,15,21,26,29-30H,2-3,8-10,13-14H2,1H3. The predicted molar refractivity (Wildman–Crippen MR) is 122 cm³/mol. The van der Waals surface area contributed by atoms with Gasteiger partial charge in [-0.1, -0.05) is 12.1 Å². The molecule has 0 saturated carbocycles. The third-order valence-electron chi connectivity index (χ3n) is 6.04. The third-order valence-corrected chi connectivity index (χ3v) is 7.51. The Bertz CT molecular complexity index is 1010. The van der Waals surface area contributed by atoms with Crippen LogP contribution in [0.1, 0.15) is 19.3 Å². The van der Waals surface area contributed by atoms with Crippen molar-refractivity contribution < 1.29 is 32.2 Å². The van der Waals surface area contributed by atoms with Crippen molar-refractivity contribution in [1.82, 2.24) is 9.62 Å². The van der Waals surface area contributed by atoms with Crippen molar-refractivity contribution >= 4 is 16.7 Å². The molecule has 2 heterocycles. The number of halogens is 2. The number of carbonyl (C=O) groups is 1. The molecule has 0 radical (unpaired) electrons. The first kappa shape index (κ1) is 23.7. The minimum atomic E-state index is -2.84. The van der Waals surface area contributed by atoms with Gasteiger partial charge < -0.3 is 14.4 Å². The first-order chi connectivity index (χ1) is 15.8. The molecule has 7 nitrogen and oxygen atoms in total. The molecule has 180 valence electrons. The van der Waals surface area contributed by atoms with Crippen molar-refractivity contribution in [3.8, 4) is 22.6 Å². The summed E-state index contributed by atoms with van der Waals surface area (Å²) in [6.07, 6.45) is 2.22. The second-order valence-electron chi connectivity index (χ2n) is 8.42. The van der Waals surface area contributed by atoms with Crippen LogP contribution in [0.25, 0.3) is 11.1 Å². The molecule has 1 amide bonds.